The van der Waals surface area contributed by atoms with Crippen LogP contribution in [0.2, 0.25) is 0 Å². The molecule has 11 heavy (non-hydrogen) atoms. The molecule has 1 heterocycles. The number of halogens is 2. The average Bonchev–Trinajstić information content (AvgIpc) is 1.85. The molecule has 0 spiro atoms. The van der Waals surface area contributed by atoms with Gasteiger partial charge in [0, 0.05) is 0 Å². The van der Waals surface area contributed by atoms with Gasteiger partial charge < -0.3 is 5.11 Å². The first-order valence-electron chi connectivity index (χ1n) is 3.38. The van der Waals surface area contributed by atoms with Crippen LogP contribution in [0.4, 0.5) is 0 Å². The maximum atomic E-state index is 10.5. The minimum absolute atomic E-state index is 0.187. The van der Waals surface area contributed by atoms with Crippen LogP contribution < -0.4 is 5.32 Å². The predicted molar refractivity (Wildman–Crippen MR) is 42.8 cm³/mol. The standard InChI is InChI=1S/C6H9Cl2NO2/c7-4-2-1-3(6(10)11)5(8)9-4/h3-5,9H,1-2H2,(H,10,11)/t3-,4+,5-/m1/s1. The van der Waals surface area contributed by atoms with Crippen molar-refractivity contribution in [2.45, 2.75) is 23.8 Å². The van der Waals surface area contributed by atoms with Gasteiger partial charge in [0.15, 0.2) is 0 Å². The predicted octanol–water partition coefficient (Wildman–Crippen LogP) is 1.20. The van der Waals surface area contributed by atoms with E-state index in [4.69, 9.17) is 28.3 Å². The minimum Gasteiger partial charge on any atom is -0.481 e. The van der Waals surface area contributed by atoms with E-state index in [9.17, 15) is 4.79 Å². The molecular weight excluding hydrogens is 189 g/mol. The van der Waals surface area contributed by atoms with Crippen LogP contribution in [-0.4, -0.2) is 22.1 Å². The zero-order valence-electron chi connectivity index (χ0n) is 5.76. The van der Waals surface area contributed by atoms with Gasteiger partial charge >= 0.3 is 5.97 Å². The molecule has 1 aliphatic heterocycles. The number of piperidine rings is 1. The molecule has 0 saturated carbocycles. The molecule has 2 N–H and O–H groups in total. The van der Waals surface area contributed by atoms with Gasteiger partial charge in [-0.25, -0.2) is 0 Å². The Morgan fingerprint density at radius 3 is 2.55 bits per heavy atom. The van der Waals surface area contributed by atoms with Crippen LogP contribution in [0, 0.1) is 5.92 Å². The van der Waals surface area contributed by atoms with Crippen molar-refractivity contribution in [1.29, 1.82) is 0 Å². The largest absolute Gasteiger partial charge is 0.481 e. The summed E-state index contributed by atoms with van der Waals surface area (Å²) in [7, 11) is 0. The van der Waals surface area contributed by atoms with Gasteiger partial charge in [-0.3, -0.25) is 10.1 Å². The summed E-state index contributed by atoms with van der Waals surface area (Å²) in [6.07, 6.45) is 1.20. The van der Waals surface area contributed by atoms with Crippen LogP contribution in [0.25, 0.3) is 0 Å². The summed E-state index contributed by atoms with van der Waals surface area (Å²) in [6.45, 7) is 0. The number of hydrogen-bond acceptors (Lipinski definition) is 2. The summed E-state index contributed by atoms with van der Waals surface area (Å²) < 4.78 is 0. The molecule has 1 fully saturated rings. The highest BCUT2D eigenvalue weighted by Gasteiger charge is 2.32. The zero-order chi connectivity index (χ0) is 8.43. The monoisotopic (exact) mass is 197 g/mol. The smallest absolute Gasteiger partial charge is 0.309 e. The normalized spacial score (nSPS) is 38.5. The fourth-order valence-electron chi connectivity index (χ4n) is 1.09. The number of aliphatic carboxylic acids is 1. The van der Waals surface area contributed by atoms with Gasteiger partial charge in [0.05, 0.1) is 16.9 Å². The molecule has 1 rings (SSSR count). The number of rotatable bonds is 1. The van der Waals surface area contributed by atoms with E-state index < -0.39 is 17.4 Å². The number of carbonyl (C=O) groups is 1. The van der Waals surface area contributed by atoms with E-state index in [1.807, 2.05) is 0 Å². The fraction of sp³-hybridized carbons (Fsp3) is 0.833. The highest BCUT2D eigenvalue weighted by Crippen LogP contribution is 2.23. The first kappa shape index (κ1) is 9.10. The third-order valence-electron chi connectivity index (χ3n) is 1.74. The summed E-state index contributed by atoms with van der Waals surface area (Å²) >= 11 is 11.4. The molecule has 0 aliphatic carbocycles. The molecule has 0 aromatic rings. The van der Waals surface area contributed by atoms with E-state index in [0.29, 0.717) is 12.8 Å². The van der Waals surface area contributed by atoms with Crippen molar-refractivity contribution >= 4 is 29.2 Å². The van der Waals surface area contributed by atoms with Gasteiger partial charge in [0.25, 0.3) is 0 Å². The summed E-state index contributed by atoms with van der Waals surface area (Å²) in [5.41, 5.74) is -0.725. The summed E-state index contributed by atoms with van der Waals surface area (Å²) in [6, 6.07) is 0. The lowest BCUT2D eigenvalue weighted by Gasteiger charge is -2.28. The van der Waals surface area contributed by atoms with Crippen LogP contribution >= 0.6 is 23.2 Å². The topological polar surface area (TPSA) is 49.3 Å². The van der Waals surface area contributed by atoms with Crippen molar-refractivity contribution < 1.29 is 9.90 Å². The molecule has 1 aliphatic rings. The zero-order valence-corrected chi connectivity index (χ0v) is 7.27. The lowest BCUT2D eigenvalue weighted by atomic mass is 10.00. The molecule has 64 valence electrons. The second-order valence-electron chi connectivity index (χ2n) is 2.56. The third-order valence-corrected chi connectivity index (χ3v) is 2.52. The molecule has 0 aromatic carbocycles. The Balaban J connectivity index is 2.50. The first-order chi connectivity index (χ1) is 5.11. The van der Waals surface area contributed by atoms with Crippen molar-refractivity contribution in [3.05, 3.63) is 0 Å². The highest BCUT2D eigenvalue weighted by atomic mass is 35.5. The molecule has 0 bridgehead atoms. The van der Waals surface area contributed by atoms with E-state index >= 15 is 0 Å². The van der Waals surface area contributed by atoms with E-state index in [1.165, 1.54) is 0 Å². The van der Waals surface area contributed by atoms with Gasteiger partial charge in [0.2, 0.25) is 0 Å². The Kier molecular flexibility index (Phi) is 2.98. The molecule has 0 amide bonds. The second-order valence-corrected chi connectivity index (χ2v) is 3.56. The van der Waals surface area contributed by atoms with E-state index in [-0.39, 0.29) is 5.50 Å². The van der Waals surface area contributed by atoms with Gasteiger partial charge in [-0.05, 0) is 12.8 Å². The number of alkyl halides is 2. The van der Waals surface area contributed by atoms with E-state index in [0.717, 1.165) is 0 Å². The molecular formula is C6H9Cl2NO2. The Bertz CT molecular complexity index is 165. The van der Waals surface area contributed by atoms with Crippen LogP contribution in [-0.2, 0) is 4.79 Å². The summed E-state index contributed by atoms with van der Waals surface area (Å²) in [5, 5.41) is 11.4. The third kappa shape index (κ3) is 2.22. The Morgan fingerprint density at radius 1 is 1.45 bits per heavy atom. The van der Waals surface area contributed by atoms with Crippen molar-refractivity contribution in [3.8, 4) is 0 Å². The number of carboxylic acid groups (broad SMARTS) is 1. The average molecular weight is 198 g/mol. The van der Waals surface area contributed by atoms with Gasteiger partial charge in [-0.15, -0.1) is 23.2 Å². The Labute approximate surface area is 74.7 Å². The molecule has 3 nitrogen and oxygen atoms in total. The summed E-state index contributed by atoms with van der Waals surface area (Å²) in [5.74, 6) is -1.37. The van der Waals surface area contributed by atoms with Crippen LogP contribution in [0.3, 0.4) is 0 Å². The first-order valence-corrected chi connectivity index (χ1v) is 4.25. The van der Waals surface area contributed by atoms with Gasteiger partial charge in [0.1, 0.15) is 0 Å². The van der Waals surface area contributed by atoms with Crippen molar-refractivity contribution in [2.24, 2.45) is 5.92 Å². The maximum absolute atomic E-state index is 10.5. The number of carboxylic acids is 1. The fourth-order valence-corrected chi connectivity index (χ4v) is 1.81. The molecule has 0 unspecified atom stereocenters. The van der Waals surface area contributed by atoms with Crippen LogP contribution in [0.1, 0.15) is 12.8 Å². The van der Waals surface area contributed by atoms with Crippen LogP contribution in [0.5, 0.6) is 0 Å². The molecule has 3 atom stereocenters. The Morgan fingerprint density at radius 2 is 2.09 bits per heavy atom. The molecule has 0 aromatic heterocycles. The van der Waals surface area contributed by atoms with Gasteiger partial charge in [-0.2, -0.15) is 0 Å². The quantitative estimate of drug-likeness (QED) is 0.491. The number of hydrogen-bond donors (Lipinski definition) is 2. The van der Waals surface area contributed by atoms with E-state index in [1.54, 1.807) is 0 Å². The van der Waals surface area contributed by atoms with E-state index in [2.05, 4.69) is 5.32 Å². The molecule has 5 heteroatoms. The molecule has 0 radical (unpaired) electrons. The van der Waals surface area contributed by atoms with Crippen molar-refractivity contribution in [1.82, 2.24) is 5.32 Å². The van der Waals surface area contributed by atoms with Crippen LogP contribution in [0.15, 0.2) is 0 Å². The number of nitrogens with one attached hydrogen (secondary N) is 1. The second kappa shape index (κ2) is 3.61. The lowest BCUT2D eigenvalue weighted by Crippen LogP contribution is -2.44. The highest BCUT2D eigenvalue weighted by molar-refractivity contribution is 6.24. The van der Waals surface area contributed by atoms with Crippen molar-refractivity contribution in [3.63, 3.8) is 0 Å². The lowest BCUT2D eigenvalue weighted by molar-refractivity contribution is -0.142. The molecule has 1 saturated heterocycles. The maximum Gasteiger partial charge on any atom is 0.309 e. The SMILES string of the molecule is O=C(O)[C@@H]1CC[C@@H](Cl)N[C@H]1Cl. The summed E-state index contributed by atoms with van der Waals surface area (Å²) in [4.78, 5) is 10.5. The van der Waals surface area contributed by atoms with Crippen molar-refractivity contribution in [2.75, 3.05) is 0 Å². The van der Waals surface area contributed by atoms with Gasteiger partial charge in [-0.1, -0.05) is 0 Å². The minimum atomic E-state index is -0.860. The Hall–Kier alpha value is 0.01000.